The lowest BCUT2D eigenvalue weighted by Crippen LogP contribution is -2.29. The Morgan fingerprint density at radius 2 is 1.94 bits per heavy atom. The van der Waals surface area contributed by atoms with Gasteiger partial charge in [0, 0.05) is 29.9 Å². The van der Waals surface area contributed by atoms with Gasteiger partial charge in [0.2, 0.25) is 5.91 Å². The number of carbonyl (C=O) groups is 1. The molecule has 7 heteroatoms. The fourth-order valence-electron chi connectivity index (χ4n) is 3.69. The van der Waals surface area contributed by atoms with Crippen molar-refractivity contribution >= 4 is 39.9 Å². The van der Waals surface area contributed by atoms with Gasteiger partial charge in [-0.2, -0.15) is 5.26 Å². The normalized spacial score (nSPS) is 13.6. The van der Waals surface area contributed by atoms with Gasteiger partial charge in [0.1, 0.15) is 16.8 Å². The molecule has 31 heavy (non-hydrogen) atoms. The summed E-state index contributed by atoms with van der Waals surface area (Å²) >= 11 is 1.26. The number of hydrogen-bond donors (Lipinski definition) is 1. The Kier molecular flexibility index (Phi) is 6.58. The zero-order chi connectivity index (χ0) is 21.6. The zero-order valence-corrected chi connectivity index (χ0v) is 18.2. The molecular weight excluding hydrogens is 408 g/mol. The summed E-state index contributed by atoms with van der Waals surface area (Å²) in [5, 5.41) is 13.8. The van der Waals surface area contributed by atoms with Crippen molar-refractivity contribution in [2.45, 2.75) is 24.3 Å². The topological polar surface area (TPSA) is 78.2 Å². The SMILES string of the molecule is COc1ccc2nc(SCC(=O)Nc3ccc(N4CCCCC4)cc3)c(C#N)cc2c1. The Hall–Kier alpha value is -3.24. The summed E-state index contributed by atoms with van der Waals surface area (Å²) in [5.74, 6) is 0.762. The molecule has 158 valence electrons. The first-order chi connectivity index (χ1) is 15.2. The molecule has 1 saturated heterocycles. The van der Waals surface area contributed by atoms with Crippen molar-refractivity contribution in [3.05, 3.63) is 54.1 Å². The molecule has 2 aromatic carbocycles. The number of thioether (sulfide) groups is 1. The van der Waals surface area contributed by atoms with Gasteiger partial charge in [-0.25, -0.2) is 4.98 Å². The van der Waals surface area contributed by atoms with Gasteiger partial charge in [-0.05, 0) is 67.8 Å². The molecule has 0 spiro atoms. The minimum atomic E-state index is -0.128. The number of ether oxygens (including phenoxy) is 1. The number of nitriles is 1. The Bertz CT molecular complexity index is 1120. The summed E-state index contributed by atoms with van der Waals surface area (Å²) in [7, 11) is 1.60. The number of benzene rings is 2. The van der Waals surface area contributed by atoms with Crippen LogP contribution in [0.3, 0.4) is 0 Å². The first-order valence-electron chi connectivity index (χ1n) is 10.3. The van der Waals surface area contributed by atoms with E-state index in [0.29, 0.717) is 16.3 Å². The van der Waals surface area contributed by atoms with E-state index in [1.807, 2.05) is 30.3 Å². The van der Waals surface area contributed by atoms with E-state index in [9.17, 15) is 10.1 Å². The van der Waals surface area contributed by atoms with Crippen LogP contribution in [0.1, 0.15) is 24.8 Å². The standard InChI is InChI=1S/C24H24N4O2S/c1-30-21-9-10-22-17(14-21)13-18(15-25)24(27-22)31-16-23(29)26-19-5-7-20(8-6-19)28-11-3-2-4-12-28/h5-10,13-14H,2-4,11-12,16H2,1H3,(H,26,29). The second kappa shape index (κ2) is 9.71. The van der Waals surface area contributed by atoms with Crippen LogP contribution in [-0.2, 0) is 4.79 Å². The molecule has 1 fully saturated rings. The minimum Gasteiger partial charge on any atom is -0.497 e. The average Bonchev–Trinajstić information content (AvgIpc) is 2.82. The maximum atomic E-state index is 12.4. The van der Waals surface area contributed by atoms with Crippen LogP contribution < -0.4 is 15.0 Å². The molecule has 2 heterocycles. The first kappa shape index (κ1) is 21.0. The molecule has 1 aliphatic heterocycles. The summed E-state index contributed by atoms with van der Waals surface area (Å²) < 4.78 is 5.23. The van der Waals surface area contributed by atoms with Gasteiger partial charge in [-0.3, -0.25) is 4.79 Å². The molecule has 0 unspecified atom stereocenters. The van der Waals surface area contributed by atoms with E-state index in [1.54, 1.807) is 13.2 Å². The lowest BCUT2D eigenvalue weighted by molar-refractivity contribution is -0.113. The predicted octanol–water partition coefficient (Wildman–Crippen LogP) is 4.84. The number of fused-ring (bicyclic) bond motifs is 1. The zero-order valence-electron chi connectivity index (χ0n) is 17.4. The molecule has 0 saturated carbocycles. The van der Waals surface area contributed by atoms with E-state index < -0.39 is 0 Å². The summed E-state index contributed by atoms with van der Waals surface area (Å²) in [6, 6.07) is 17.5. The molecule has 1 aliphatic rings. The Morgan fingerprint density at radius 1 is 1.16 bits per heavy atom. The Morgan fingerprint density at radius 3 is 2.65 bits per heavy atom. The maximum absolute atomic E-state index is 12.4. The number of nitrogens with one attached hydrogen (secondary N) is 1. The number of nitrogens with zero attached hydrogens (tertiary/aromatic N) is 3. The first-order valence-corrected chi connectivity index (χ1v) is 11.3. The van der Waals surface area contributed by atoms with E-state index in [1.165, 1.54) is 36.7 Å². The van der Waals surface area contributed by atoms with Crippen LogP contribution in [0, 0.1) is 11.3 Å². The lowest BCUT2D eigenvalue weighted by atomic mass is 10.1. The summed E-state index contributed by atoms with van der Waals surface area (Å²) in [6.45, 7) is 2.18. The molecule has 6 nitrogen and oxygen atoms in total. The molecule has 1 aromatic heterocycles. The summed E-state index contributed by atoms with van der Waals surface area (Å²) in [5.41, 5.74) is 3.17. The molecule has 4 rings (SSSR count). The number of carbonyl (C=O) groups excluding carboxylic acids is 1. The average molecular weight is 433 g/mol. The van der Waals surface area contributed by atoms with Gasteiger partial charge < -0.3 is 15.0 Å². The number of amides is 1. The fraction of sp³-hybridized carbons (Fsp3) is 0.292. The third-order valence-corrected chi connectivity index (χ3v) is 6.31. The number of pyridine rings is 1. The molecule has 0 aliphatic carbocycles. The fourth-order valence-corrected chi connectivity index (χ4v) is 4.46. The van der Waals surface area contributed by atoms with Crippen LogP contribution in [0.15, 0.2) is 53.6 Å². The lowest BCUT2D eigenvalue weighted by Gasteiger charge is -2.28. The van der Waals surface area contributed by atoms with Crippen molar-refractivity contribution in [3.63, 3.8) is 0 Å². The quantitative estimate of drug-likeness (QED) is 0.562. The molecular formula is C24H24N4O2S. The highest BCUT2D eigenvalue weighted by Crippen LogP contribution is 2.27. The van der Waals surface area contributed by atoms with Crippen molar-refractivity contribution < 1.29 is 9.53 Å². The van der Waals surface area contributed by atoms with E-state index in [4.69, 9.17) is 4.74 Å². The molecule has 0 atom stereocenters. The van der Waals surface area contributed by atoms with Gasteiger partial charge in [-0.15, -0.1) is 0 Å². The van der Waals surface area contributed by atoms with Crippen LogP contribution in [0.5, 0.6) is 5.75 Å². The van der Waals surface area contributed by atoms with Gasteiger partial charge in [-0.1, -0.05) is 11.8 Å². The third kappa shape index (κ3) is 5.09. The number of methoxy groups -OCH3 is 1. The number of aromatic nitrogens is 1. The molecule has 3 aromatic rings. The van der Waals surface area contributed by atoms with Crippen molar-refractivity contribution in [3.8, 4) is 11.8 Å². The minimum absolute atomic E-state index is 0.128. The maximum Gasteiger partial charge on any atom is 0.234 e. The monoisotopic (exact) mass is 432 g/mol. The van der Waals surface area contributed by atoms with Crippen LogP contribution in [0.2, 0.25) is 0 Å². The van der Waals surface area contributed by atoms with Gasteiger partial charge in [0.05, 0.1) is 23.9 Å². The second-order valence-electron chi connectivity index (χ2n) is 7.44. The van der Waals surface area contributed by atoms with E-state index >= 15 is 0 Å². The smallest absolute Gasteiger partial charge is 0.234 e. The van der Waals surface area contributed by atoms with Gasteiger partial charge in [0.15, 0.2) is 0 Å². The highest BCUT2D eigenvalue weighted by Gasteiger charge is 2.13. The summed E-state index contributed by atoms with van der Waals surface area (Å²) in [4.78, 5) is 19.4. The van der Waals surface area contributed by atoms with Crippen LogP contribution in [0.4, 0.5) is 11.4 Å². The van der Waals surface area contributed by atoms with Gasteiger partial charge in [0.25, 0.3) is 0 Å². The van der Waals surface area contributed by atoms with Crippen molar-refractivity contribution in [2.75, 3.05) is 36.2 Å². The van der Waals surface area contributed by atoms with E-state index in [-0.39, 0.29) is 11.7 Å². The second-order valence-corrected chi connectivity index (χ2v) is 8.41. The van der Waals surface area contributed by atoms with Gasteiger partial charge >= 0.3 is 0 Å². The van der Waals surface area contributed by atoms with Crippen molar-refractivity contribution in [1.82, 2.24) is 4.98 Å². The van der Waals surface area contributed by atoms with Crippen LogP contribution >= 0.6 is 11.8 Å². The third-order valence-electron chi connectivity index (χ3n) is 5.32. The largest absolute Gasteiger partial charge is 0.497 e. The van der Waals surface area contributed by atoms with Crippen molar-refractivity contribution in [2.24, 2.45) is 0 Å². The molecule has 0 bridgehead atoms. The van der Waals surface area contributed by atoms with E-state index in [2.05, 4.69) is 33.4 Å². The van der Waals surface area contributed by atoms with Crippen molar-refractivity contribution in [1.29, 1.82) is 5.26 Å². The number of rotatable bonds is 6. The predicted molar refractivity (Wildman–Crippen MR) is 125 cm³/mol. The Labute approximate surface area is 186 Å². The van der Waals surface area contributed by atoms with Crippen LogP contribution in [0.25, 0.3) is 10.9 Å². The molecule has 1 N–H and O–H groups in total. The number of hydrogen-bond acceptors (Lipinski definition) is 6. The highest BCUT2D eigenvalue weighted by molar-refractivity contribution is 8.00. The number of anilines is 2. The van der Waals surface area contributed by atoms with E-state index in [0.717, 1.165) is 29.7 Å². The highest BCUT2D eigenvalue weighted by atomic mass is 32.2. The molecule has 0 radical (unpaired) electrons. The molecule has 1 amide bonds. The van der Waals surface area contributed by atoms with Crippen LogP contribution in [-0.4, -0.2) is 36.8 Å². The Balaban J connectivity index is 1.39. The number of piperidine rings is 1. The summed E-state index contributed by atoms with van der Waals surface area (Å²) in [6.07, 6.45) is 3.77.